The van der Waals surface area contributed by atoms with Gasteiger partial charge in [-0.1, -0.05) is 11.6 Å². The van der Waals surface area contributed by atoms with E-state index in [2.05, 4.69) is 10.4 Å². The van der Waals surface area contributed by atoms with Crippen LogP contribution >= 0.6 is 11.6 Å². The normalized spacial score (nSPS) is 20.4. The number of nitrogens with one attached hydrogen (secondary N) is 1. The summed E-state index contributed by atoms with van der Waals surface area (Å²) in [4.78, 5) is 25.2. The highest BCUT2D eigenvalue weighted by Crippen LogP contribution is 2.22. The van der Waals surface area contributed by atoms with Crippen LogP contribution in [0, 0.1) is 6.92 Å². The highest BCUT2D eigenvalue weighted by Gasteiger charge is 2.28. The van der Waals surface area contributed by atoms with Crippen molar-refractivity contribution < 1.29 is 9.59 Å². The summed E-state index contributed by atoms with van der Waals surface area (Å²) in [5, 5.41) is 7.39. The van der Waals surface area contributed by atoms with Crippen LogP contribution in [0.4, 0.5) is 0 Å². The van der Waals surface area contributed by atoms with Crippen LogP contribution in [0.1, 0.15) is 24.7 Å². The Balaban J connectivity index is 2.25. The zero-order valence-corrected chi connectivity index (χ0v) is 12.0. The van der Waals surface area contributed by atoms with Crippen molar-refractivity contribution in [2.24, 2.45) is 7.05 Å². The quantitative estimate of drug-likeness (QED) is 0.866. The molecule has 7 heteroatoms. The zero-order valence-electron chi connectivity index (χ0n) is 11.2. The summed E-state index contributed by atoms with van der Waals surface area (Å²) in [6.07, 6.45) is 0.306. The molecule has 1 fully saturated rings. The third kappa shape index (κ3) is 2.73. The fraction of sp³-hybridized carbons (Fsp3) is 0.583. The number of nitrogens with zero attached hydrogens (tertiary/aromatic N) is 3. The van der Waals surface area contributed by atoms with Crippen LogP contribution in [-0.2, 0) is 23.2 Å². The fourth-order valence-electron chi connectivity index (χ4n) is 2.23. The molecule has 2 heterocycles. The number of hydrogen-bond donors (Lipinski definition) is 1. The molecule has 0 radical (unpaired) electrons. The standard InChI is InChI=1S/C12H17ClN4O2/c1-7-4-10(18)14-5-11(19)17(7)6-9-12(13)8(2)15-16(9)3/h7H,4-6H2,1-3H3,(H,14,18). The molecule has 2 rings (SSSR count). The molecule has 1 aromatic heterocycles. The molecular weight excluding hydrogens is 268 g/mol. The number of carbonyl (C=O) groups is 2. The van der Waals surface area contributed by atoms with Crippen molar-refractivity contribution in [1.82, 2.24) is 20.0 Å². The van der Waals surface area contributed by atoms with Crippen molar-refractivity contribution in [2.45, 2.75) is 32.9 Å². The van der Waals surface area contributed by atoms with E-state index in [1.54, 1.807) is 16.6 Å². The van der Waals surface area contributed by atoms with E-state index in [0.717, 1.165) is 11.4 Å². The summed E-state index contributed by atoms with van der Waals surface area (Å²) in [6.45, 7) is 4.09. The molecule has 6 nitrogen and oxygen atoms in total. The minimum absolute atomic E-state index is 0.0393. The van der Waals surface area contributed by atoms with Gasteiger partial charge in [-0.2, -0.15) is 5.10 Å². The molecule has 1 saturated heterocycles. The molecule has 1 unspecified atom stereocenters. The third-order valence-corrected chi connectivity index (χ3v) is 3.84. The van der Waals surface area contributed by atoms with Crippen LogP contribution in [0.5, 0.6) is 0 Å². The molecule has 1 atom stereocenters. The second kappa shape index (κ2) is 5.21. The van der Waals surface area contributed by atoms with Gasteiger partial charge in [-0.3, -0.25) is 14.3 Å². The molecule has 1 aliphatic heterocycles. The highest BCUT2D eigenvalue weighted by atomic mass is 35.5. The van der Waals surface area contributed by atoms with Crippen LogP contribution in [0.15, 0.2) is 0 Å². The second-order valence-electron chi connectivity index (χ2n) is 4.82. The molecule has 2 amide bonds. The third-order valence-electron chi connectivity index (χ3n) is 3.35. The van der Waals surface area contributed by atoms with Crippen molar-refractivity contribution in [3.63, 3.8) is 0 Å². The van der Waals surface area contributed by atoms with Crippen LogP contribution < -0.4 is 5.32 Å². The predicted molar refractivity (Wildman–Crippen MR) is 70.6 cm³/mol. The van der Waals surface area contributed by atoms with Gasteiger partial charge in [-0.05, 0) is 13.8 Å². The number of aromatic nitrogens is 2. The largest absolute Gasteiger partial charge is 0.347 e. The van der Waals surface area contributed by atoms with Gasteiger partial charge in [0.15, 0.2) is 0 Å². The van der Waals surface area contributed by atoms with Crippen molar-refractivity contribution in [3.05, 3.63) is 16.4 Å². The van der Waals surface area contributed by atoms with Gasteiger partial charge >= 0.3 is 0 Å². The summed E-state index contributed by atoms with van der Waals surface area (Å²) < 4.78 is 1.68. The maximum Gasteiger partial charge on any atom is 0.242 e. The van der Waals surface area contributed by atoms with Crippen LogP contribution in [0.2, 0.25) is 5.02 Å². The Morgan fingerprint density at radius 1 is 1.47 bits per heavy atom. The van der Waals surface area contributed by atoms with E-state index in [-0.39, 0.29) is 24.4 Å². The summed E-state index contributed by atoms with van der Waals surface area (Å²) in [5.74, 6) is -0.205. The van der Waals surface area contributed by atoms with Gasteiger partial charge < -0.3 is 10.2 Å². The number of amides is 2. The average Bonchev–Trinajstić information content (AvgIpc) is 2.49. The summed E-state index contributed by atoms with van der Waals surface area (Å²) in [6, 6.07) is -0.152. The Morgan fingerprint density at radius 3 is 2.74 bits per heavy atom. The van der Waals surface area contributed by atoms with E-state index in [0.29, 0.717) is 18.0 Å². The van der Waals surface area contributed by atoms with Crippen LogP contribution in [0.3, 0.4) is 0 Å². The van der Waals surface area contributed by atoms with Gasteiger partial charge in [0.05, 0.1) is 29.5 Å². The Morgan fingerprint density at radius 2 is 2.16 bits per heavy atom. The number of hydrogen-bond acceptors (Lipinski definition) is 3. The van der Waals surface area contributed by atoms with Crippen LogP contribution in [0.25, 0.3) is 0 Å². The van der Waals surface area contributed by atoms with Gasteiger partial charge in [0.2, 0.25) is 11.8 Å². The van der Waals surface area contributed by atoms with Crippen molar-refractivity contribution in [2.75, 3.05) is 6.54 Å². The van der Waals surface area contributed by atoms with Crippen molar-refractivity contribution in [1.29, 1.82) is 0 Å². The first-order chi connectivity index (χ1) is 8.90. The lowest BCUT2D eigenvalue weighted by Gasteiger charge is -2.26. The molecule has 0 aromatic carbocycles. The minimum atomic E-state index is -0.152. The maximum absolute atomic E-state index is 12.0. The van der Waals surface area contributed by atoms with Gasteiger partial charge in [-0.15, -0.1) is 0 Å². The van der Waals surface area contributed by atoms with Crippen LogP contribution in [-0.4, -0.2) is 39.1 Å². The fourth-order valence-corrected chi connectivity index (χ4v) is 2.45. The highest BCUT2D eigenvalue weighted by molar-refractivity contribution is 6.31. The molecule has 0 aliphatic carbocycles. The topological polar surface area (TPSA) is 67.2 Å². The van der Waals surface area contributed by atoms with E-state index < -0.39 is 0 Å². The molecule has 0 saturated carbocycles. The monoisotopic (exact) mass is 284 g/mol. The minimum Gasteiger partial charge on any atom is -0.347 e. The maximum atomic E-state index is 12.0. The second-order valence-corrected chi connectivity index (χ2v) is 5.20. The van der Waals surface area contributed by atoms with E-state index in [4.69, 9.17) is 11.6 Å². The van der Waals surface area contributed by atoms with E-state index in [9.17, 15) is 9.59 Å². The SMILES string of the molecule is Cc1nn(C)c(CN2C(=O)CNC(=O)CC2C)c1Cl. The van der Waals surface area contributed by atoms with Gasteiger partial charge in [0.25, 0.3) is 0 Å². The first-order valence-corrected chi connectivity index (χ1v) is 6.52. The van der Waals surface area contributed by atoms with Crippen molar-refractivity contribution >= 4 is 23.4 Å². The molecule has 1 N–H and O–H groups in total. The van der Waals surface area contributed by atoms with Gasteiger partial charge in [0.1, 0.15) is 0 Å². The van der Waals surface area contributed by atoms with Gasteiger partial charge in [-0.25, -0.2) is 0 Å². The Labute approximate surface area is 116 Å². The number of rotatable bonds is 2. The molecule has 0 spiro atoms. The first-order valence-electron chi connectivity index (χ1n) is 6.14. The summed E-state index contributed by atoms with van der Waals surface area (Å²) in [7, 11) is 1.80. The molecule has 19 heavy (non-hydrogen) atoms. The lowest BCUT2D eigenvalue weighted by molar-refractivity contribution is -0.132. The number of halogens is 1. The molecule has 104 valence electrons. The number of carbonyl (C=O) groups excluding carboxylic acids is 2. The molecule has 0 bridgehead atoms. The molecule has 1 aromatic rings. The van der Waals surface area contributed by atoms with Gasteiger partial charge in [0, 0.05) is 19.5 Å². The smallest absolute Gasteiger partial charge is 0.242 e. The predicted octanol–water partition coefficient (Wildman–Crippen LogP) is 0.619. The molecular formula is C12H17ClN4O2. The Hall–Kier alpha value is -1.56. The Kier molecular flexibility index (Phi) is 3.80. The summed E-state index contributed by atoms with van der Waals surface area (Å²) >= 11 is 6.19. The summed E-state index contributed by atoms with van der Waals surface area (Å²) in [5.41, 5.74) is 1.53. The van der Waals surface area contributed by atoms with Crippen molar-refractivity contribution in [3.8, 4) is 0 Å². The number of aryl methyl sites for hydroxylation is 2. The van der Waals surface area contributed by atoms with E-state index in [1.165, 1.54) is 0 Å². The lowest BCUT2D eigenvalue weighted by atomic mass is 10.2. The Bertz CT molecular complexity index is 526. The lowest BCUT2D eigenvalue weighted by Crippen LogP contribution is -2.39. The first kappa shape index (κ1) is 13.9. The van der Waals surface area contributed by atoms with E-state index in [1.807, 2.05) is 13.8 Å². The molecule has 1 aliphatic rings. The zero-order chi connectivity index (χ0) is 14.2. The van der Waals surface area contributed by atoms with E-state index >= 15 is 0 Å². The average molecular weight is 285 g/mol.